The van der Waals surface area contributed by atoms with Gasteiger partial charge in [0.1, 0.15) is 17.8 Å². The number of fused-ring (bicyclic) bond motifs is 2. The maximum absolute atomic E-state index is 13.7. The maximum Gasteiger partial charge on any atom is 0.219 e. The topological polar surface area (TPSA) is 49.3 Å². The molecule has 1 amide bonds. The predicted octanol–water partition coefficient (Wildman–Crippen LogP) is 3.54. The van der Waals surface area contributed by atoms with Crippen molar-refractivity contribution in [3.05, 3.63) is 17.1 Å². The summed E-state index contributed by atoms with van der Waals surface area (Å²) >= 11 is 0. The molecule has 1 aromatic heterocycles. The molecular weight excluding hydrogens is 355 g/mol. The van der Waals surface area contributed by atoms with E-state index in [2.05, 4.69) is 25.7 Å². The quantitative estimate of drug-likeness (QED) is 0.738. The molecule has 0 saturated carbocycles. The second-order valence-corrected chi connectivity index (χ2v) is 9.93. The van der Waals surface area contributed by atoms with Gasteiger partial charge < -0.3 is 9.80 Å². The number of hydrogen-bond acceptors (Lipinski definition) is 4. The van der Waals surface area contributed by atoms with Gasteiger partial charge in [0.15, 0.2) is 0 Å². The number of likely N-dealkylation sites (tertiary alicyclic amines) is 1. The molecule has 2 saturated heterocycles. The first-order valence-electron chi connectivity index (χ1n) is 10.8. The lowest BCUT2D eigenvalue weighted by molar-refractivity contribution is -0.131. The van der Waals surface area contributed by atoms with Crippen LogP contribution in [0.4, 0.5) is 10.2 Å². The molecule has 1 spiro atoms. The largest absolute Gasteiger partial charge is 0.356 e. The number of hydrogen-bond donors (Lipinski definition) is 0. The second kappa shape index (κ2) is 6.96. The van der Waals surface area contributed by atoms with E-state index in [1.165, 1.54) is 5.56 Å². The molecule has 2 aliphatic heterocycles. The fourth-order valence-corrected chi connectivity index (χ4v) is 5.08. The van der Waals surface area contributed by atoms with Crippen LogP contribution in [0.3, 0.4) is 0 Å². The van der Waals surface area contributed by atoms with E-state index in [9.17, 15) is 9.18 Å². The molecule has 28 heavy (non-hydrogen) atoms. The molecule has 1 aromatic rings. The smallest absolute Gasteiger partial charge is 0.219 e. The van der Waals surface area contributed by atoms with Crippen molar-refractivity contribution in [2.24, 2.45) is 0 Å². The van der Waals surface area contributed by atoms with Crippen molar-refractivity contribution in [2.45, 2.75) is 83.2 Å². The number of aromatic nitrogens is 2. The van der Waals surface area contributed by atoms with E-state index in [1.807, 2.05) is 4.90 Å². The van der Waals surface area contributed by atoms with Crippen molar-refractivity contribution >= 4 is 11.7 Å². The lowest BCUT2D eigenvalue weighted by Gasteiger charge is -2.40. The van der Waals surface area contributed by atoms with E-state index in [0.29, 0.717) is 12.8 Å². The van der Waals surface area contributed by atoms with Crippen LogP contribution in [-0.2, 0) is 22.0 Å². The van der Waals surface area contributed by atoms with E-state index in [0.717, 1.165) is 69.2 Å². The number of rotatable bonds is 1. The Kier molecular flexibility index (Phi) is 4.87. The SMILES string of the molecule is CC(=O)N1CCCC2(CCc3c(N4CCC(F)CC4)nc(C(C)(C)C)nc32)C1. The van der Waals surface area contributed by atoms with Gasteiger partial charge in [0.25, 0.3) is 0 Å². The van der Waals surface area contributed by atoms with Gasteiger partial charge in [-0.15, -0.1) is 0 Å². The lowest BCUT2D eigenvalue weighted by Crippen LogP contribution is -2.47. The zero-order chi connectivity index (χ0) is 20.1. The summed E-state index contributed by atoms with van der Waals surface area (Å²) < 4.78 is 13.7. The fourth-order valence-electron chi connectivity index (χ4n) is 5.08. The molecule has 0 bridgehead atoms. The van der Waals surface area contributed by atoms with Gasteiger partial charge in [0.2, 0.25) is 5.91 Å². The molecule has 1 atom stereocenters. The van der Waals surface area contributed by atoms with Crippen LogP contribution in [0.15, 0.2) is 0 Å². The number of nitrogens with zero attached hydrogens (tertiary/aromatic N) is 4. The average Bonchev–Trinajstić information content (AvgIpc) is 2.99. The van der Waals surface area contributed by atoms with Crippen molar-refractivity contribution in [1.29, 1.82) is 0 Å². The van der Waals surface area contributed by atoms with Crippen LogP contribution in [0.1, 0.15) is 76.9 Å². The first-order valence-corrected chi connectivity index (χ1v) is 10.8. The standard InChI is InChI=1S/C22H33FN4O/c1-15(28)27-11-5-9-22(14-27)10-6-17-18(22)24-20(21(2,3)4)25-19(17)26-12-7-16(23)8-13-26/h16H,5-14H2,1-4H3. The molecule has 1 aliphatic carbocycles. The third-order valence-electron chi connectivity index (χ3n) is 6.76. The third kappa shape index (κ3) is 3.39. The summed E-state index contributed by atoms with van der Waals surface area (Å²) in [5, 5.41) is 0. The van der Waals surface area contributed by atoms with E-state index >= 15 is 0 Å². The maximum atomic E-state index is 13.7. The number of carbonyl (C=O) groups excluding carboxylic acids is 1. The number of piperidine rings is 2. The van der Waals surface area contributed by atoms with E-state index < -0.39 is 6.17 Å². The zero-order valence-corrected chi connectivity index (χ0v) is 17.7. The Labute approximate surface area is 167 Å². The Morgan fingerprint density at radius 3 is 2.50 bits per heavy atom. The number of alkyl halides is 1. The molecule has 6 heteroatoms. The molecule has 0 aromatic carbocycles. The highest BCUT2D eigenvalue weighted by atomic mass is 19.1. The molecule has 0 radical (unpaired) electrons. The minimum Gasteiger partial charge on any atom is -0.356 e. The first kappa shape index (κ1) is 19.6. The van der Waals surface area contributed by atoms with Crippen molar-refractivity contribution in [1.82, 2.24) is 14.9 Å². The van der Waals surface area contributed by atoms with Gasteiger partial charge in [0, 0.05) is 49.5 Å². The Balaban J connectivity index is 1.78. The van der Waals surface area contributed by atoms with E-state index in [1.54, 1.807) is 6.92 Å². The lowest BCUT2D eigenvalue weighted by atomic mass is 9.77. The summed E-state index contributed by atoms with van der Waals surface area (Å²) in [6.45, 7) is 11.2. The summed E-state index contributed by atoms with van der Waals surface area (Å²) in [5.41, 5.74) is 2.21. The average molecular weight is 389 g/mol. The zero-order valence-electron chi connectivity index (χ0n) is 17.7. The summed E-state index contributed by atoms with van der Waals surface area (Å²) in [6, 6.07) is 0. The van der Waals surface area contributed by atoms with Gasteiger partial charge in [-0.25, -0.2) is 14.4 Å². The van der Waals surface area contributed by atoms with Crippen LogP contribution in [0.5, 0.6) is 0 Å². The first-order chi connectivity index (χ1) is 13.2. The van der Waals surface area contributed by atoms with Gasteiger partial charge in [0.05, 0.1) is 5.69 Å². The van der Waals surface area contributed by atoms with Crippen molar-refractivity contribution in [3.63, 3.8) is 0 Å². The summed E-state index contributed by atoms with van der Waals surface area (Å²) in [4.78, 5) is 26.5. The Morgan fingerprint density at radius 2 is 1.86 bits per heavy atom. The highest BCUT2D eigenvalue weighted by Crippen LogP contribution is 2.47. The highest BCUT2D eigenvalue weighted by Gasteiger charge is 2.46. The minimum absolute atomic E-state index is 0.0463. The third-order valence-corrected chi connectivity index (χ3v) is 6.76. The van der Waals surface area contributed by atoms with Crippen LogP contribution < -0.4 is 4.90 Å². The Hall–Kier alpha value is -1.72. The number of carbonyl (C=O) groups is 1. The summed E-state index contributed by atoms with van der Waals surface area (Å²) in [7, 11) is 0. The molecule has 5 nitrogen and oxygen atoms in total. The number of anilines is 1. The molecule has 3 heterocycles. The highest BCUT2D eigenvalue weighted by molar-refractivity contribution is 5.73. The van der Waals surface area contributed by atoms with Gasteiger partial charge in [-0.05, 0) is 38.5 Å². The van der Waals surface area contributed by atoms with Crippen molar-refractivity contribution < 1.29 is 9.18 Å². The van der Waals surface area contributed by atoms with Gasteiger partial charge >= 0.3 is 0 Å². The van der Waals surface area contributed by atoms with Gasteiger partial charge in [-0.1, -0.05) is 20.8 Å². The van der Waals surface area contributed by atoms with Crippen LogP contribution in [0.25, 0.3) is 0 Å². The summed E-state index contributed by atoms with van der Waals surface area (Å²) in [5.74, 6) is 2.05. The van der Waals surface area contributed by atoms with Crippen LogP contribution in [0.2, 0.25) is 0 Å². The van der Waals surface area contributed by atoms with Gasteiger partial charge in [-0.3, -0.25) is 4.79 Å². The van der Waals surface area contributed by atoms with Crippen molar-refractivity contribution in [2.75, 3.05) is 31.1 Å². The van der Waals surface area contributed by atoms with Crippen LogP contribution in [0, 0.1) is 0 Å². The second-order valence-electron chi connectivity index (χ2n) is 9.93. The van der Waals surface area contributed by atoms with Crippen LogP contribution >= 0.6 is 0 Å². The van der Waals surface area contributed by atoms with Crippen LogP contribution in [-0.4, -0.2) is 53.1 Å². The molecular formula is C22H33FN4O. The van der Waals surface area contributed by atoms with Crippen molar-refractivity contribution in [3.8, 4) is 0 Å². The van der Waals surface area contributed by atoms with E-state index in [4.69, 9.17) is 9.97 Å². The fraction of sp³-hybridized carbons (Fsp3) is 0.773. The Morgan fingerprint density at radius 1 is 1.14 bits per heavy atom. The van der Waals surface area contributed by atoms with E-state index in [-0.39, 0.29) is 16.7 Å². The number of amides is 1. The molecule has 3 aliphatic rings. The number of halogens is 1. The molecule has 0 N–H and O–H groups in total. The monoisotopic (exact) mass is 388 g/mol. The molecule has 4 rings (SSSR count). The predicted molar refractivity (Wildman–Crippen MR) is 109 cm³/mol. The summed E-state index contributed by atoms with van der Waals surface area (Å²) in [6.07, 6.45) is 4.55. The minimum atomic E-state index is -0.693. The normalized spacial score (nSPS) is 26.0. The molecule has 154 valence electrons. The molecule has 1 unspecified atom stereocenters. The Bertz CT molecular complexity index is 767. The van der Waals surface area contributed by atoms with Gasteiger partial charge in [-0.2, -0.15) is 0 Å². The molecule has 2 fully saturated rings.